The van der Waals surface area contributed by atoms with Crippen LogP contribution in [0.5, 0.6) is 5.75 Å². The van der Waals surface area contributed by atoms with Crippen LogP contribution in [0.4, 0.5) is 4.39 Å². The number of ether oxygens (including phenoxy) is 1. The van der Waals surface area contributed by atoms with Gasteiger partial charge in [0.25, 0.3) is 0 Å². The average molecular weight is 241 g/mol. The van der Waals surface area contributed by atoms with Gasteiger partial charge in [0.05, 0.1) is 13.7 Å². The first-order chi connectivity index (χ1) is 8.10. The zero-order valence-corrected chi connectivity index (χ0v) is 10.5. The van der Waals surface area contributed by atoms with Crippen molar-refractivity contribution in [2.45, 2.75) is 26.4 Å². The minimum atomic E-state index is -0.344. The van der Waals surface area contributed by atoms with E-state index in [1.165, 1.54) is 7.11 Å². The molecule has 1 aromatic rings. The summed E-state index contributed by atoms with van der Waals surface area (Å²) in [5.74, 6) is 0.200. The van der Waals surface area contributed by atoms with Crippen LogP contribution in [0.15, 0.2) is 18.2 Å². The second-order valence-corrected chi connectivity index (χ2v) is 4.35. The smallest absolute Gasteiger partial charge is 0.169 e. The summed E-state index contributed by atoms with van der Waals surface area (Å²) < 4.78 is 18.7. The van der Waals surface area contributed by atoms with Gasteiger partial charge in [0, 0.05) is 18.2 Å². The fourth-order valence-electron chi connectivity index (χ4n) is 1.60. The van der Waals surface area contributed by atoms with Crippen molar-refractivity contribution in [1.29, 1.82) is 0 Å². The molecule has 0 amide bonds. The van der Waals surface area contributed by atoms with Crippen LogP contribution >= 0.6 is 0 Å². The summed E-state index contributed by atoms with van der Waals surface area (Å²) in [6, 6.07) is 5.02. The number of hydrogen-bond acceptors (Lipinski definition) is 3. The summed E-state index contributed by atoms with van der Waals surface area (Å²) in [6.45, 7) is 4.45. The molecule has 0 spiro atoms. The van der Waals surface area contributed by atoms with E-state index in [-0.39, 0.29) is 24.2 Å². The Morgan fingerprint density at radius 3 is 2.65 bits per heavy atom. The van der Waals surface area contributed by atoms with Crippen molar-refractivity contribution in [3.8, 4) is 5.75 Å². The van der Waals surface area contributed by atoms with E-state index in [1.54, 1.807) is 18.2 Å². The van der Waals surface area contributed by atoms with Gasteiger partial charge >= 0.3 is 0 Å². The number of hydrogen-bond donors (Lipinski definition) is 2. The van der Waals surface area contributed by atoms with Crippen LogP contribution in [0.1, 0.15) is 19.4 Å². The molecule has 0 fully saturated rings. The predicted octanol–water partition coefficient (Wildman–Crippen LogP) is 1.94. The van der Waals surface area contributed by atoms with E-state index in [0.717, 1.165) is 0 Å². The Morgan fingerprint density at radius 2 is 2.12 bits per heavy atom. The van der Waals surface area contributed by atoms with Crippen molar-refractivity contribution < 1.29 is 14.2 Å². The molecule has 4 heteroatoms. The maximum Gasteiger partial charge on any atom is 0.169 e. The molecule has 1 atom stereocenters. The van der Waals surface area contributed by atoms with Crippen LogP contribution in [-0.4, -0.2) is 24.9 Å². The van der Waals surface area contributed by atoms with Gasteiger partial charge in [-0.3, -0.25) is 0 Å². The van der Waals surface area contributed by atoms with Crippen molar-refractivity contribution in [3.05, 3.63) is 29.6 Å². The summed E-state index contributed by atoms with van der Waals surface area (Å²) >= 11 is 0. The van der Waals surface area contributed by atoms with E-state index in [0.29, 0.717) is 18.0 Å². The number of nitrogens with one attached hydrogen (secondary N) is 1. The van der Waals surface area contributed by atoms with E-state index in [2.05, 4.69) is 5.32 Å². The Morgan fingerprint density at radius 1 is 1.41 bits per heavy atom. The molecule has 0 saturated carbocycles. The molecule has 0 aliphatic carbocycles. The highest BCUT2D eigenvalue weighted by molar-refractivity contribution is 5.30. The number of methoxy groups -OCH3 is 1. The summed E-state index contributed by atoms with van der Waals surface area (Å²) in [5, 5.41) is 12.3. The van der Waals surface area contributed by atoms with Crippen LogP contribution in [0.2, 0.25) is 0 Å². The lowest BCUT2D eigenvalue weighted by atomic mass is 10.0. The van der Waals surface area contributed by atoms with Crippen molar-refractivity contribution in [1.82, 2.24) is 5.32 Å². The SMILES string of the molecule is COc1cccc(CN[C@H](CO)C(C)C)c1F. The van der Waals surface area contributed by atoms with Crippen molar-refractivity contribution in [2.24, 2.45) is 5.92 Å². The molecule has 96 valence electrons. The Balaban J connectivity index is 2.69. The molecule has 0 bridgehead atoms. The molecule has 0 radical (unpaired) electrons. The molecule has 1 aromatic carbocycles. The molecule has 3 nitrogen and oxygen atoms in total. The third-order valence-electron chi connectivity index (χ3n) is 2.82. The van der Waals surface area contributed by atoms with Gasteiger partial charge in [-0.2, -0.15) is 0 Å². The number of halogens is 1. The molecule has 0 aliphatic rings. The molecule has 2 N–H and O–H groups in total. The topological polar surface area (TPSA) is 41.5 Å². The second kappa shape index (κ2) is 6.57. The summed E-state index contributed by atoms with van der Waals surface area (Å²) in [7, 11) is 1.44. The fourth-order valence-corrected chi connectivity index (χ4v) is 1.60. The molecule has 17 heavy (non-hydrogen) atoms. The first kappa shape index (κ1) is 13.9. The van der Waals surface area contributed by atoms with E-state index in [1.807, 2.05) is 13.8 Å². The Kier molecular flexibility index (Phi) is 5.38. The number of aliphatic hydroxyl groups excluding tert-OH is 1. The van der Waals surface area contributed by atoms with Crippen LogP contribution in [0.25, 0.3) is 0 Å². The van der Waals surface area contributed by atoms with Gasteiger partial charge in [-0.1, -0.05) is 26.0 Å². The van der Waals surface area contributed by atoms with Gasteiger partial charge in [0.2, 0.25) is 0 Å². The molecule has 1 rings (SSSR count). The average Bonchev–Trinajstić information content (AvgIpc) is 2.31. The molecular weight excluding hydrogens is 221 g/mol. The summed E-state index contributed by atoms with van der Waals surface area (Å²) in [5.41, 5.74) is 0.545. The largest absolute Gasteiger partial charge is 0.494 e. The fraction of sp³-hybridized carbons (Fsp3) is 0.538. The van der Waals surface area contributed by atoms with Gasteiger partial charge in [0.15, 0.2) is 11.6 Å². The lowest BCUT2D eigenvalue weighted by Gasteiger charge is -2.20. The number of rotatable bonds is 6. The molecule has 0 unspecified atom stereocenters. The van der Waals surface area contributed by atoms with E-state index >= 15 is 0 Å². The third kappa shape index (κ3) is 3.68. The van der Waals surface area contributed by atoms with Gasteiger partial charge in [-0.25, -0.2) is 4.39 Å². The maximum atomic E-state index is 13.8. The zero-order chi connectivity index (χ0) is 12.8. The lowest BCUT2D eigenvalue weighted by molar-refractivity contribution is 0.209. The highest BCUT2D eigenvalue weighted by Gasteiger charge is 2.13. The van der Waals surface area contributed by atoms with Crippen LogP contribution in [0.3, 0.4) is 0 Å². The Labute approximate surface area is 102 Å². The Hall–Kier alpha value is -1.13. The van der Waals surface area contributed by atoms with Gasteiger partial charge in [0.1, 0.15) is 0 Å². The maximum absolute atomic E-state index is 13.8. The molecule has 0 aromatic heterocycles. The van der Waals surface area contributed by atoms with Crippen molar-refractivity contribution in [2.75, 3.05) is 13.7 Å². The predicted molar refractivity (Wildman–Crippen MR) is 65.5 cm³/mol. The highest BCUT2D eigenvalue weighted by Crippen LogP contribution is 2.20. The number of benzene rings is 1. The minimum Gasteiger partial charge on any atom is -0.494 e. The molecule has 0 aliphatic heterocycles. The zero-order valence-electron chi connectivity index (χ0n) is 10.5. The Bertz CT molecular complexity index is 355. The first-order valence-electron chi connectivity index (χ1n) is 5.75. The monoisotopic (exact) mass is 241 g/mol. The normalized spacial score (nSPS) is 12.8. The van der Waals surface area contributed by atoms with Gasteiger partial charge in [-0.05, 0) is 12.0 Å². The first-order valence-corrected chi connectivity index (χ1v) is 5.75. The van der Waals surface area contributed by atoms with Crippen LogP contribution in [0, 0.1) is 11.7 Å². The van der Waals surface area contributed by atoms with Crippen molar-refractivity contribution >= 4 is 0 Å². The van der Waals surface area contributed by atoms with Gasteiger partial charge < -0.3 is 15.2 Å². The van der Waals surface area contributed by atoms with Gasteiger partial charge in [-0.15, -0.1) is 0 Å². The van der Waals surface area contributed by atoms with E-state index < -0.39 is 0 Å². The molecule has 0 heterocycles. The molecule has 0 saturated heterocycles. The quantitative estimate of drug-likeness (QED) is 0.799. The summed E-state index contributed by atoms with van der Waals surface area (Å²) in [4.78, 5) is 0. The van der Waals surface area contributed by atoms with Crippen LogP contribution in [-0.2, 0) is 6.54 Å². The number of aliphatic hydroxyl groups is 1. The summed E-state index contributed by atoms with van der Waals surface area (Å²) in [6.07, 6.45) is 0. The van der Waals surface area contributed by atoms with Crippen molar-refractivity contribution in [3.63, 3.8) is 0 Å². The highest BCUT2D eigenvalue weighted by atomic mass is 19.1. The lowest BCUT2D eigenvalue weighted by Crippen LogP contribution is -2.36. The molecular formula is C13H20FNO2. The third-order valence-corrected chi connectivity index (χ3v) is 2.82. The van der Waals surface area contributed by atoms with E-state index in [9.17, 15) is 4.39 Å². The second-order valence-electron chi connectivity index (χ2n) is 4.35. The van der Waals surface area contributed by atoms with E-state index in [4.69, 9.17) is 9.84 Å². The standard InChI is InChI=1S/C13H20FNO2/c1-9(2)11(8-16)15-7-10-5-4-6-12(17-3)13(10)14/h4-6,9,11,15-16H,7-8H2,1-3H3/t11-/m1/s1. The van der Waals surface area contributed by atoms with Crippen LogP contribution < -0.4 is 10.1 Å². The minimum absolute atomic E-state index is 0.0272.